The molecule has 0 fully saturated rings. The number of benzene rings is 1. The molecule has 1 amide bonds. The SMILES string of the molecule is CCCC[C@H](N)C(=O)Nc1cc(C)cc(C)c1O. The number of carbonyl (C=O) groups is 1. The summed E-state index contributed by atoms with van der Waals surface area (Å²) in [4.78, 5) is 11.8. The van der Waals surface area contributed by atoms with E-state index >= 15 is 0 Å². The van der Waals surface area contributed by atoms with Crippen molar-refractivity contribution < 1.29 is 9.90 Å². The Morgan fingerprint density at radius 1 is 1.44 bits per heavy atom. The van der Waals surface area contributed by atoms with Gasteiger partial charge >= 0.3 is 0 Å². The maximum absolute atomic E-state index is 11.8. The molecule has 0 saturated carbocycles. The van der Waals surface area contributed by atoms with Crippen molar-refractivity contribution in [3.05, 3.63) is 23.3 Å². The molecule has 1 atom stereocenters. The minimum Gasteiger partial charge on any atom is -0.505 e. The molecule has 0 spiro atoms. The molecule has 1 aromatic rings. The van der Waals surface area contributed by atoms with E-state index in [2.05, 4.69) is 12.2 Å². The van der Waals surface area contributed by atoms with Gasteiger partial charge in [0.2, 0.25) is 5.91 Å². The molecule has 1 aromatic carbocycles. The summed E-state index contributed by atoms with van der Waals surface area (Å²) in [6, 6.07) is 3.08. The van der Waals surface area contributed by atoms with Crippen molar-refractivity contribution in [3.8, 4) is 5.75 Å². The van der Waals surface area contributed by atoms with Gasteiger partial charge in [0, 0.05) is 0 Å². The largest absolute Gasteiger partial charge is 0.505 e. The molecule has 0 heterocycles. The van der Waals surface area contributed by atoms with Crippen LogP contribution in [0.2, 0.25) is 0 Å². The Bertz CT molecular complexity index is 430. The summed E-state index contributed by atoms with van der Waals surface area (Å²) in [6.45, 7) is 5.77. The number of hydrogen-bond donors (Lipinski definition) is 3. The summed E-state index contributed by atoms with van der Waals surface area (Å²) in [5.74, 6) is -0.139. The van der Waals surface area contributed by atoms with Crippen LogP contribution in [0.1, 0.15) is 37.3 Å². The minimum absolute atomic E-state index is 0.108. The predicted octanol–water partition coefficient (Wildman–Crippen LogP) is 2.47. The molecule has 4 heteroatoms. The number of nitrogens with two attached hydrogens (primary N) is 1. The number of phenols is 1. The van der Waals surface area contributed by atoms with Crippen molar-refractivity contribution >= 4 is 11.6 Å². The van der Waals surface area contributed by atoms with Gasteiger partial charge in [0.15, 0.2) is 0 Å². The summed E-state index contributed by atoms with van der Waals surface area (Å²) >= 11 is 0. The van der Waals surface area contributed by atoms with Crippen molar-refractivity contribution in [1.82, 2.24) is 0 Å². The zero-order chi connectivity index (χ0) is 13.7. The van der Waals surface area contributed by atoms with Gasteiger partial charge < -0.3 is 16.2 Å². The highest BCUT2D eigenvalue weighted by Gasteiger charge is 2.15. The van der Waals surface area contributed by atoms with Crippen molar-refractivity contribution in [2.24, 2.45) is 5.73 Å². The topological polar surface area (TPSA) is 75.4 Å². The molecular weight excluding hydrogens is 228 g/mol. The van der Waals surface area contributed by atoms with Gasteiger partial charge in [-0.05, 0) is 37.5 Å². The van der Waals surface area contributed by atoms with Crippen molar-refractivity contribution in [2.75, 3.05) is 5.32 Å². The highest BCUT2D eigenvalue weighted by molar-refractivity contribution is 5.96. The van der Waals surface area contributed by atoms with Gasteiger partial charge in [-0.1, -0.05) is 25.8 Å². The van der Waals surface area contributed by atoms with Gasteiger partial charge in [-0.15, -0.1) is 0 Å². The van der Waals surface area contributed by atoms with Gasteiger partial charge in [-0.3, -0.25) is 4.79 Å². The number of carbonyl (C=O) groups excluding carboxylic acids is 1. The van der Waals surface area contributed by atoms with Gasteiger partial charge in [0.1, 0.15) is 5.75 Å². The van der Waals surface area contributed by atoms with Crippen LogP contribution in [0.15, 0.2) is 12.1 Å². The summed E-state index contributed by atoms with van der Waals surface area (Å²) in [5.41, 5.74) is 7.95. The third-order valence-electron chi connectivity index (χ3n) is 2.91. The lowest BCUT2D eigenvalue weighted by Crippen LogP contribution is -2.35. The number of unbranched alkanes of at least 4 members (excludes halogenated alkanes) is 1. The van der Waals surface area contributed by atoms with Gasteiger partial charge in [0.25, 0.3) is 0 Å². The third-order valence-corrected chi connectivity index (χ3v) is 2.91. The Morgan fingerprint density at radius 3 is 2.72 bits per heavy atom. The van der Waals surface area contributed by atoms with Crippen LogP contribution in [0.4, 0.5) is 5.69 Å². The molecule has 1 rings (SSSR count). The zero-order valence-corrected chi connectivity index (χ0v) is 11.3. The monoisotopic (exact) mass is 250 g/mol. The number of phenolic OH excluding ortho intramolecular Hbond substituents is 1. The summed E-state index contributed by atoms with van der Waals surface area (Å²) in [6.07, 6.45) is 2.59. The number of amides is 1. The van der Waals surface area contributed by atoms with E-state index in [1.165, 1.54) is 0 Å². The fourth-order valence-electron chi connectivity index (χ4n) is 1.84. The molecule has 0 saturated heterocycles. The van der Waals surface area contributed by atoms with E-state index < -0.39 is 6.04 Å². The second-order valence-electron chi connectivity index (χ2n) is 4.72. The maximum atomic E-state index is 11.8. The van der Waals surface area contributed by atoms with E-state index in [0.717, 1.165) is 24.0 Å². The fourth-order valence-corrected chi connectivity index (χ4v) is 1.84. The minimum atomic E-state index is -0.523. The van der Waals surface area contributed by atoms with E-state index in [-0.39, 0.29) is 11.7 Å². The smallest absolute Gasteiger partial charge is 0.241 e. The normalized spacial score (nSPS) is 12.2. The second-order valence-corrected chi connectivity index (χ2v) is 4.72. The van der Waals surface area contributed by atoms with Crippen LogP contribution in [-0.2, 0) is 4.79 Å². The van der Waals surface area contributed by atoms with E-state index in [1.807, 2.05) is 13.0 Å². The zero-order valence-electron chi connectivity index (χ0n) is 11.3. The lowest BCUT2D eigenvalue weighted by atomic mass is 10.1. The van der Waals surface area contributed by atoms with Gasteiger partial charge in [-0.25, -0.2) is 0 Å². The number of rotatable bonds is 5. The van der Waals surface area contributed by atoms with Crippen LogP contribution < -0.4 is 11.1 Å². The molecule has 0 aliphatic heterocycles. The Morgan fingerprint density at radius 2 is 2.11 bits per heavy atom. The Kier molecular flexibility index (Phi) is 5.16. The number of aryl methyl sites for hydroxylation is 2. The molecule has 0 aliphatic rings. The highest BCUT2D eigenvalue weighted by atomic mass is 16.3. The Hall–Kier alpha value is -1.55. The number of hydrogen-bond acceptors (Lipinski definition) is 3. The van der Waals surface area contributed by atoms with E-state index in [4.69, 9.17) is 5.73 Å². The quantitative estimate of drug-likeness (QED) is 0.703. The first-order valence-electron chi connectivity index (χ1n) is 6.32. The van der Waals surface area contributed by atoms with Crippen molar-refractivity contribution in [3.63, 3.8) is 0 Å². The first-order valence-corrected chi connectivity index (χ1v) is 6.32. The van der Waals surface area contributed by atoms with Crippen molar-refractivity contribution in [1.29, 1.82) is 0 Å². The van der Waals surface area contributed by atoms with Gasteiger partial charge in [-0.2, -0.15) is 0 Å². The molecule has 0 radical (unpaired) electrons. The summed E-state index contributed by atoms with van der Waals surface area (Å²) in [5, 5.41) is 12.6. The highest BCUT2D eigenvalue weighted by Crippen LogP contribution is 2.28. The third kappa shape index (κ3) is 3.74. The fraction of sp³-hybridized carbons (Fsp3) is 0.500. The summed E-state index contributed by atoms with van der Waals surface area (Å²) < 4.78 is 0. The van der Waals surface area contributed by atoms with Gasteiger partial charge in [0.05, 0.1) is 11.7 Å². The molecule has 0 bridgehead atoms. The molecule has 0 aromatic heterocycles. The number of aromatic hydroxyl groups is 1. The molecule has 4 N–H and O–H groups in total. The maximum Gasteiger partial charge on any atom is 0.241 e. The first kappa shape index (κ1) is 14.5. The van der Waals surface area contributed by atoms with E-state index in [0.29, 0.717) is 12.1 Å². The van der Waals surface area contributed by atoms with Crippen LogP contribution in [0.5, 0.6) is 5.75 Å². The molecule has 0 aliphatic carbocycles. The standard InChI is InChI=1S/C14H22N2O2/c1-4-5-6-11(15)14(18)16-12-8-9(2)7-10(3)13(12)17/h7-8,11,17H,4-6,15H2,1-3H3,(H,16,18)/t11-/m0/s1. The first-order chi connectivity index (χ1) is 8.45. The van der Waals surface area contributed by atoms with Crippen LogP contribution in [0.25, 0.3) is 0 Å². The molecular formula is C14H22N2O2. The predicted molar refractivity (Wildman–Crippen MR) is 73.7 cm³/mol. The lowest BCUT2D eigenvalue weighted by molar-refractivity contribution is -0.117. The van der Waals surface area contributed by atoms with Crippen molar-refractivity contribution in [2.45, 2.75) is 46.1 Å². The molecule has 0 unspecified atom stereocenters. The number of nitrogens with one attached hydrogen (secondary N) is 1. The Labute approximate surface area is 108 Å². The van der Waals surface area contributed by atoms with Crippen LogP contribution in [0, 0.1) is 13.8 Å². The summed E-state index contributed by atoms with van der Waals surface area (Å²) in [7, 11) is 0. The molecule has 100 valence electrons. The average molecular weight is 250 g/mol. The molecule has 18 heavy (non-hydrogen) atoms. The second kappa shape index (κ2) is 6.40. The van der Waals surface area contributed by atoms with E-state index in [9.17, 15) is 9.90 Å². The average Bonchev–Trinajstić information content (AvgIpc) is 2.32. The van der Waals surface area contributed by atoms with Crippen LogP contribution in [-0.4, -0.2) is 17.1 Å². The number of anilines is 1. The molecule has 4 nitrogen and oxygen atoms in total. The van der Waals surface area contributed by atoms with E-state index in [1.54, 1.807) is 13.0 Å². The lowest BCUT2D eigenvalue weighted by Gasteiger charge is -2.14. The van der Waals surface area contributed by atoms with Crippen LogP contribution in [0.3, 0.4) is 0 Å². The Balaban J connectivity index is 2.75. The van der Waals surface area contributed by atoms with Crippen LogP contribution >= 0.6 is 0 Å².